The number of carbonyl (C=O) groups is 1. The molecule has 0 radical (unpaired) electrons. The lowest BCUT2D eigenvalue weighted by Gasteiger charge is -2.32. The number of aliphatic hydroxyl groups excluding tert-OH is 1. The standard InChI is InChI=1S/C19H28O4/c1-12(2)15-8-7-14(18(21)22)6-4-5-13(3)19(23)10-9-17(20)16(19)11-15/h6,11-12,16-17,20,23H,3-5,7-10H2,1-2H3,(H,21,22)/b14-6-,15-11+/t16-,17-,19-/m0/s1. The van der Waals surface area contributed by atoms with Gasteiger partial charge in [-0.1, -0.05) is 38.2 Å². The zero-order valence-corrected chi connectivity index (χ0v) is 14.1. The van der Waals surface area contributed by atoms with Crippen LogP contribution in [0.1, 0.15) is 52.4 Å². The lowest BCUT2D eigenvalue weighted by Crippen LogP contribution is -2.38. The predicted octanol–water partition coefficient (Wildman–Crippen LogP) is 3.21. The van der Waals surface area contributed by atoms with Gasteiger partial charge in [0.25, 0.3) is 0 Å². The maximum atomic E-state index is 11.4. The zero-order valence-electron chi connectivity index (χ0n) is 14.1. The van der Waals surface area contributed by atoms with Gasteiger partial charge in [0.2, 0.25) is 0 Å². The average molecular weight is 320 g/mol. The molecule has 1 saturated carbocycles. The van der Waals surface area contributed by atoms with Crippen LogP contribution in [0.5, 0.6) is 0 Å². The first-order valence-corrected chi connectivity index (χ1v) is 8.47. The quantitative estimate of drug-likeness (QED) is 0.683. The largest absolute Gasteiger partial charge is 0.478 e. The Balaban J connectivity index is 2.41. The second-order valence-electron chi connectivity index (χ2n) is 7.13. The summed E-state index contributed by atoms with van der Waals surface area (Å²) in [7, 11) is 0. The average Bonchev–Trinajstić information content (AvgIpc) is 2.75. The van der Waals surface area contributed by atoms with Crippen LogP contribution in [0.2, 0.25) is 0 Å². The molecule has 2 rings (SSSR count). The van der Waals surface area contributed by atoms with Gasteiger partial charge in [0.05, 0.1) is 11.7 Å². The summed E-state index contributed by atoms with van der Waals surface area (Å²) in [6.45, 7) is 8.16. The van der Waals surface area contributed by atoms with Crippen LogP contribution in [0, 0.1) is 11.8 Å². The van der Waals surface area contributed by atoms with Crippen LogP contribution < -0.4 is 0 Å². The second kappa shape index (κ2) is 7.02. The van der Waals surface area contributed by atoms with Gasteiger partial charge < -0.3 is 15.3 Å². The van der Waals surface area contributed by atoms with Gasteiger partial charge in [0, 0.05) is 11.5 Å². The third kappa shape index (κ3) is 3.75. The molecule has 0 bridgehead atoms. The van der Waals surface area contributed by atoms with Crippen molar-refractivity contribution < 1.29 is 20.1 Å². The number of hydrogen-bond donors (Lipinski definition) is 3. The van der Waals surface area contributed by atoms with Gasteiger partial charge in [0.15, 0.2) is 0 Å². The van der Waals surface area contributed by atoms with Crippen molar-refractivity contribution in [3.05, 3.63) is 35.5 Å². The highest BCUT2D eigenvalue weighted by atomic mass is 16.4. The van der Waals surface area contributed by atoms with Gasteiger partial charge in [0.1, 0.15) is 0 Å². The summed E-state index contributed by atoms with van der Waals surface area (Å²) >= 11 is 0. The molecule has 0 amide bonds. The normalized spacial score (nSPS) is 37.3. The molecule has 2 aliphatic carbocycles. The molecule has 23 heavy (non-hydrogen) atoms. The first kappa shape index (κ1) is 18.0. The predicted molar refractivity (Wildman–Crippen MR) is 89.9 cm³/mol. The molecule has 4 heteroatoms. The summed E-state index contributed by atoms with van der Waals surface area (Å²) in [6.07, 6.45) is 6.46. The van der Waals surface area contributed by atoms with Crippen molar-refractivity contribution in [2.24, 2.45) is 11.8 Å². The molecule has 0 aromatic carbocycles. The summed E-state index contributed by atoms with van der Waals surface area (Å²) in [5.74, 6) is -0.980. The van der Waals surface area contributed by atoms with E-state index in [9.17, 15) is 20.1 Å². The van der Waals surface area contributed by atoms with E-state index in [2.05, 4.69) is 20.4 Å². The van der Waals surface area contributed by atoms with Crippen molar-refractivity contribution in [3.8, 4) is 0 Å². The van der Waals surface area contributed by atoms with E-state index in [0.717, 1.165) is 5.57 Å². The van der Waals surface area contributed by atoms with Crippen LogP contribution in [-0.2, 0) is 4.79 Å². The van der Waals surface area contributed by atoms with Gasteiger partial charge >= 0.3 is 5.97 Å². The zero-order chi connectivity index (χ0) is 17.2. The van der Waals surface area contributed by atoms with Gasteiger partial charge in [-0.15, -0.1) is 0 Å². The molecule has 0 aromatic heterocycles. The third-order valence-electron chi connectivity index (χ3n) is 5.33. The fraction of sp³-hybridized carbons (Fsp3) is 0.632. The summed E-state index contributed by atoms with van der Waals surface area (Å²) in [4.78, 5) is 11.4. The van der Waals surface area contributed by atoms with Crippen LogP contribution in [-0.4, -0.2) is 33.0 Å². The maximum Gasteiger partial charge on any atom is 0.331 e. The van der Waals surface area contributed by atoms with E-state index in [0.29, 0.717) is 49.7 Å². The van der Waals surface area contributed by atoms with E-state index < -0.39 is 17.7 Å². The Kier molecular flexibility index (Phi) is 5.48. The van der Waals surface area contributed by atoms with Crippen LogP contribution in [0.15, 0.2) is 35.5 Å². The van der Waals surface area contributed by atoms with Gasteiger partial charge in [-0.3, -0.25) is 0 Å². The van der Waals surface area contributed by atoms with Crippen molar-refractivity contribution in [1.82, 2.24) is 0 Å². The first-order valence-electron chi connectivity index (χ1n) is 8.47. The number of aliphatic carboxylic acids is 1. The number of aliphatic hydroxyl groups is 2. The van der Waals surface area contributed by atoms with Crippen molar-refractivity contribution in [2.45, 2.75) is 64.1 Å². The molecule has 0 unspecified atom stereocenters. The molecule has 3 N–H and O–H groups in total. The van der Waals surface area contributed by atoms with E-state index in [4.69, 9.17) is 0 Å². The molecular formula is C19H28O4. The van der Waals surface area contributed by atoms with E-state index in [1.54, 1.807) is 6.08 Å². The molecule has 1 fully saturated rings. The summed E-state index contributed by atoms with van der Waals surface area (Å²) < 4.78 is 0. The highest BCUT2D eigenvalue weighted by Gasteiger charge is 2.47. The number of allylic oxidation sites excluding steroid dienone is 2. The Labute approximate surface area is 138 Å². The van der Waals surface area contributed by atoms with E-state index in [1.165, 1.54) is 0 Å². The molecular weight excluding hydrogens is 292 g/mol. The molecule has 0 heterocycles. The number of carboxylic acid groups (broad SMARTS) is 1. The minimum atomic E-state index is -1.08. The number of rotatable bonds is 2. The van der Waals surface area contributed by atoms with Crippen molar-refractivity contribution in [3.63, 3.8) is 0 Å². The molecule has 3 atom stereocenters. The summed E-state index contributed by atoms with van der Waals surface area (Å²) in [5, 5.41) is 30.8. The molecule has 0 spiro atoms. The van der Waals surface area contributed by atoms with E-state index in [-0.39, 0.29) is 11.8 Å². The smallest absolute Gasteiger partial charge is 0.331 e. The molecule has 0 aromatic rings. The molecule has 128 valence electrons. The molecule has 0 saturated heterocycles. The second-order valence-corrected chi connectivity index (χ2v) is 7.13. The van der Waals surface area contributed by atoms with Crippen LogP contribution in [0.25, 0.3) is 0 Å². The van der Waals surface area contributed by atoms with Crippen molar-refractivity contribution in [2.75, 3.05) is 0 Å². The topological polar surface area (TPSA) is 77.8 Å². The van der Waals surface area contributed by atoms with Gasteiger partial charge in [-0.25, -0.2) is 4.79 Å². The number of carboxylic acids is 1. The Bertz CT molecular complexity index is 544. The Morgan fingerprint density at radius 2 is 2.04 bits per heavy atom. The Hall–Kier alpha value is -1.39. The third-order valence-corrected chi connectivity index (χ3v) is 5.33. The first-order chi connectivity index (χ1) is 10.8. The molecule has 4 nitrogen and oxygen atoms in total. The van der Waals surface area contributed by atoms with Crippen LogP contribution in [0.4, 0.5) is 0 Å². The summed E-state index contributed by atoms with van der Waals surface area (Å²) in [6, 6.07) is 0. The van der Waals surface area contributed by atoms with Crippen LogP contribution >= 0.6 is 0 Å². The monoisotopic (exact) mass is 320 g/mol. The molecule has 0 aliphatic heterocycles. The van der Waals surface area contributed by atoms with Crippen molar-refractivity contribution in [1.29, 1.82) is 0 Å². The highest BCUT2D eigenvalue weighted by Crippen LogP contribution is 2.44. The lowest BCUT2D eigenvalue weighted by molar-refractivity contribution is -0.132. The van der Waals surface area contributed by atoms with Crippen molar-refractivity contribution >= 4 is 5.97 Å². The van der Waals surface area contributed by atoms with E-state index in [1.807, 2.05) is 6.08 Å². The number of fused-ring (bicyclic) bond motifs is 1. The fourth-order valence-corrected chi connectivity index (χ4v) is 3.70. The van der Waals surface area contributed by atoms with Crippen LogP contribution in [0.3, 0.4) is 0 Å². The van der Waals surface area contributed by atoms with E-state index >= 15 is 0 Å². The Morgan fingerprint density at radius 3 is 2.65 bits per heavy atom. The highest BCUT2D eigenvalue weighted by molar-refractivity contribution is 5.86. The Morgan fingerprint density at radius 1 is 1.35 bits per heavy atom. The van der Waals surface area contributed by atoms with Gasteiger partial charge in [-0.05, 0) is 50.0 Å². The number of hydrogen-bond acceptors (Lipinski definition) is 3. The minimum Gasteiger partial charge on any atom is -0.478 e. The van der Waals surface area contributed by atoms with Gasteiger partial charge in [-0.2, -0.15) is 0 Å². The SMILES string of the molecule is C=C1CC/C=C(\C(=O)O)CC/C(C(C)C)=C\[C@H]2[C@@H](O)CC[C@]12O. The maximum absolute atomic E-state index is 11.4. The molecule has 2 aliphatic rings. The minimum absolute atomic E-state index is 0.246. The summed E-state index contributed by atoms with van der Waals surface area (Å²) in [5.41, 5.74) is 1.13. The fourth-order valence-electron chi connectivity index (χ4n) is 3.70. The lowest BCUT2D eigenvalue weighted by atomic mass is 9.79.